The summed E-state index contributed by atoms with van der Waals surface area (Å²) < 4.78 is 0. The first-order valence-corrected chi connectivity index (χ1v) is 6.18. The molecule has 2 aromatic rings. The number of nitrogens with zero attached hydrogens (tertiary/aromatic N) is 3. The monoisotopic (exact) mass is 264 g/mol. The number of rotatable bonds is 4. The van der Waals surface area contributed by atoms with Crippen LogP contribution in [0.15, 0.2) is 17.8 Å². The standard InChI is InChI=1S/C11H12N4O2S/c1-6-8(10(16)17)5-13-11(14-6)15-7(2)9-12-3-4-18-9/h3-5,7H,1-2H3,(H,16,17)(H,13,14,15). The van der Waals surface area contributed by atoms with Gasteiger partial charge in [0.25, 0.3) is 0 Å². The van der Waals surface area contributed by atoms with Crippen molar-refractivity contribution in [1.82, 2.24) is 15.0 Å². The lowest BCUT2D eigenvalue weighted by Crippen LogP contribution is -2.11. The van der Waals surface area contributed by atoms with Crippen molar-refractivity contribution < 1.29 is 9.90 Å². The van der Waals surface area contributed by atoms with Crippen LogP contribution in [0, 0.1) is 6.92 Å². The maximum atomic E-state index is 10.8. The maximum absolute atomic E-state index is 10.8. The summed E-state index contributed by atoms with van der Waals surface area (Å²) in [6.07, 6.45) is 3.04. The van der Waals surface area contributed by atoms with Gasteiger partial charge >= 0.3 is 5.97 Å². The van der Waals surface area contributed by atoms with E-state index in [1.54, 1.807) is 13.1 Å². The lowest BCUT2D eigenvalue weighted by Gasteiger charge is -2.11. The summed E-state index contributed by atoms with van der Waals surface area (Å²) in [5.74, 6) is -0.618. The Balaban J connectivity index is 2.15. The van der Waals surface area contributed by atoms with E-state index in [-0.39, 0.29) is 11.6 Å². The Hall–Kier alpha value is -2.02. The number of carboxylic acids is 1. The topological polar surface area (TPSA) is 88.0 Å². The second-order valence-electron chi connectivity index (χ2n) is 3.73. The SMILES string of the molecule is Cc1nc(NC(C)c2nccs2)ncc1C(=O)O. The molecule has 0 spiro atoms. The number of nitrogens with one attached hydrogen (secondary N) is 1. The van der Waals surface area contributed by atoms with Gasteiger partial charge < -0.3 is 10.4 Å². The highest BCUT2D eigenvalue weighted by Gasteiger charge is 2.13. The van der Waals surface area contributed by atoms with Gasteiger partial charge in [-0.2, -0.15) is 0 Å². The second-order valence-corrected chi connectivity index (χ2v) is 4.66. The number of aromatic carboxylic acids is 1. The third kappa shape index (κ3) is 2.62. The fourth-order valence-electron chi connectivity index (χ4n) is 1.45. The van der Waals surface area contributed by atoms with Crippen LogP contribution in [0.5, 0.6) is 0 Å². The Morgan fingerprint density at radius 2 is 2.28 bits per heavy atom. The first-order chi connectivity index (χ1) is 8.58. The largest absolute Gasteiger partial charge is 0.478 e. The molecule has 2 rings (SSSR count). The number of thiazole rings is 1. The fourth-order valence-corrected chi connectivity index (χ4v) is 2.10. The number of carboxylic acid groups (broad SMARTS) is 1. The number of anilines is 1. The van der Waals surface area contributed by atoms with Crippen molar-refractivity contribution in [3.8, 4) is 0 Å². The Morgan fingerprint density at radius 1 is 1.50 bits per heavy atom. The molecule has 0 saturated heterocycles. The van der Waals surface area contributed by atoms with Crippen molar-refractivity contribution >= 4 is 23.3 Å². The molecule has 0 aliphatic rings. The van der Waals surface area contributed by atoms with Crippen molar-refractivity contribution in [2.75, 3.05) is 5.32 Å². The van der Waals surface area contributed by atoms with Gasteiger partial charge in [0.05, 0.1) is 17.3 Å². The van der Waals surface area contributed by atoms with Crippen molar-refractivity contribution in [1.29, 1.82) is 0 Å². The van der Waals surface area contributed by atoms with E-state index in [0.29, 0.717) is 11.6 Å². The van der Waals surface area contributed by atoms with Gasteiger partial charge in [-0.3, -0.25) is 0 Å². The predicted molar refractivity (Wildman–Crippen MR) is 67.9 cm³/mol. The van der Waals surface area contributed by atoms with Crippen LogP contribution in [0.3, 0.4) is 0 Å². The van der Waals surface area contributed by atoms with Crippen LogP contribution in [-0.2, 0) is 0 Å². The molecule has 0 fully saturated rings. The maximum Gasteiger partial charge on any atom is 0.339 e. The zero-order valence-corrected chi connectivity index (χ0v) is 10.7. The quantitative estimate of drug-likeness (QED) is 0.879. The molecule has 6 nitrogen and oxygen atoms in total. The average Bonchev–Trinajstić information content (AvgIpc) is 2.81. The first kappa shape index (κ1) is 12.4. The van der Waals surface area contributed by atoms with E-state index in [1.807, 2.05) is 12.3 Å². The highest BCUT2D eigenvalue weighted by molar-refractivity contribution is 7.09. The Kier molecular flexibility index (Phi) is 3.52. The van der Waals surface area contributed by atoms with Crippen LogP contribution in [-0.4, -0.2) is 26.0 Å². The van der Waals surface area contributed by atoms with E-state index in [9.17, 15) is 4.79 Å². The first-order valence-electron chi connectivity index (χ1n) is 5.31. The number of aromatic nitrogens is 3. The van der Waals surface area contributed by atoms with Crippen LogP contribution in [0.25, 0.3) is 0 Å². The molecule has 0 amide bonds. The Morgan fingerprint density at radius 3 is 2.83 bits per heavy atom. The van der Waals surface area contributed by atoms with Crippen molar-refractivity contribution in [2.24, 2.45) is 0 Å². The van der Waals surface area contributed by atoms with E-state index in [2.05, 4.69) is 20.3 Å². The third-order valence-corrected chi connectivity index (χ3v) is 3.34. The van der Waals surface area contributed by atoms with Crippen LogP contribution >= 0.6 is 11.3 Å². The molecule has 2 aromatic heterocycles. The molecule has 0 aliphatic heterocycles. The van der Waals surface area contributed by atoms with Crippen molar-refractivity contribution in [2.45, 2.75) is 19.9 Å². The van der Waals surface area contributed by atoms with E-state index in [4.69, 9.17) is 5.11 Å². The average molecular weight is 264 g/mol. The fraction of sp³-hybridized carbons (Fsp3) is 0.273. The van der Waals surface area contributed by atoms with E-state index >= 15 is 0 Å². The lowest BCUT2D eigenvalue weighted by atomic mass is 10.2. The number of hydrogen-bond donors (Lipinski definition) is 2. The molecule has 0 radical (unpaired) electrons. The van der Waals surface area contributed by atoms with Gasteiger partial charge in [-0.25, -0.2) is 19.7 Å². The lowest BCUT2D eigenvalue weighted by molar-refractivity contribution is 0.0695. The van der Waals surface area contributed by atoms with Gasteiger partial charge in [0.1, 0.15) is 5.01 Å². The zero-order valence-electron chi connectivity index (χ0n) is 9.91. The van der Waals surface area contributed by atoms with Gasteiger partial charge in [-0.1, -0.05) is 0 Å². The molecular weight excluding hydrogens is 252 g/mol. The molecule has 0 aromatic carbocycles. The summed E-state index contributed by atoms with van der Waals surface area (Å²) in [5.41, 5.74) is 0.550. The molecule has 2 heterocycles. The van der Waals surface area contributed by atoms with Gasteiger partial charge in [0.2, 0.25) is 5.95 Å². The van der Waals surface area contributed by atoms with Crippen molar-refractivity contribution in [3.63, 3.8) is 0 Å². The summed E-state index contributed by atoms with van der Waals surface area (Å²) in [6, 6.07) is -0.0138. The molecule has 0 bridgehead atoms. The Labute approximate surface area is 108 Å². The van der Waals surface area contributed by atoms with Gasteiger partial charge in [0.15, 0.2) is 0 Å². The summed E-state index contributed by atoms with van der Waals surface area (Å²) in [4.78, 5) is 23.1. The highest BCUT2D eigenvalue weighted by atomic mass is 32.1. The Bertz CT molecular complexity index is 556. The number of carbonyl (C=O) groups is 1. The van der Waals surface area contributed by atoms with Crippen LogP contribution in [0.4, 0.5) is 5.95 Å². The molecular formula is C11H12N4O2S. The number of aryl methyl sites for hydroxylation is 1. The molecule has 7 heteroatoms. The predicted octanol–water partition coefficient (Wildman–Crippen LogP) is 2.11. The molecule has 94 valence electrons. The second kappa shape index (κ2) is 5.09. The molecule has 2 N–H and O–H groups in total. The van der Waals surface area contributed by atoms with Gasteiger partial charge in [-0.05, 0) is 13.8 Å². The molecule has 1 atom stereocenters. The summed E-state index contributed by atoms with van der Waals surface area (Å²) in [6.45, 7) is 3.59. The highest BCUT2D eigenvalue weighted by Crippen LogP contribution is 2.19. The third-order valence-electron chi connectivity index (χ3n) is 2.38. The zero-order chi connectivity index (χ0) is 13.1. The normalized spacial score (nSPS) is 12.1. The minimum atomic E-state index is -1.02. The van der Waals surface area contributed by atoms with Crippen LogP contribution in [0.2, 0.25) is 0 Å². The minimum absolute atomic E-state index is 0.0138. The molecule has 0 saturated carbocycles. The summed E-state index contributed by atoms with van der Waals surface area (Å²) in [7, 11) is 0. The van der Waals surface area contributed by atoms with Gasteiger partial charge in [0, 0.05) is 17.8 Å². The van der Waals surface area contributed by atoms with Crippen LogP contribution < -0.4 is 5.32 Å². The molecule has 1 unspecified atom stereocenters. The summed E-state index contributed by atoms with van der Waals surface area (Å²) >= 11 is 1.54. The molecule has 18 heavy (non-hydrogen) atoms. The number of hydrogen-bond acceptors (Lipinski definition) is 6. The van der Waals surface area contributed by atoms with E-state index in [0.717, 1.165) is 5.01 Å². The summed E-state index contributed by atoms with van der Waals surface area (Å²) in [5, 5.41) is 14.8. The van der Waals surface area contributed by atoms with Gasteiger partial charge in [-0.15, -0.1) is 11.3 Å². The van der Waals surface area contributed by atoms with Crippen molar-refractivity contribution in [3.05, 3.63) is 34.0 Å². The van der Waals surface area contributed by atoms with Crippen LogP contribution in [0.1, 0.15) is 34.0 Å². The van der Waals surface area contributed by atoms with E-state index in [1.165, 1.54) is 17.5 Å². The molecule has 0 aliphatic carbocycles. The smallest absolute Gasteiger partial charge is 0.339 e. The van der Waals surface area contributed by atoms with E-state index < -0.39 is 5.97 Å². The minimum Gasteiger partial charge on any atom is -0.478 e.